The maximum Gasteiger partial charge on any atom is 0.223 e. The molecule has 3 aromatic rings. The largest absolute Gasteiger partial charge is 0.368 e. The first-order chi connectivity index (χ1) is 14.6. The predicted molar refractivity (Wildman–Crippen MR) is 117 cm³/mol. The van der Waals surface area contributed by atoms with E-state index in [1.807, 2.05) is 33.7 Å². The molecule has 156 valence electrons. The van der Waals surface area contributed by atoms with Gasteiger partial charge in [-0.05, 0) is 42.5 Å². The van der Waals surface area contributed by atoms with Crippen molar-refractivity contribution in [3.8, 4) is 5.69 Å². The van der Waals surface area contributed by atoms with Crippen LogP contribution >= 0.6 is 23.4 Å². The maximum absolute atomic E-state index is 13.1. The van der Waals surface area contributed by atoms with Crippen LogP contribution in [0.1, 0.15) is 6.42 Å². The van der Waals surface area contributed by atoms with Crippen LogP contribution in [0.15, 0.2) is 60.0 Å². The lowest BCUT2D eigenvalue weighted by atomic mass is 10.2. The first-order valence-corrected chi connectivity index (χ1v) is 11.0. The number of halogens is 2. The number of thioether (sulfide) groups is 1. The summed E-state index contributed by atoms with van der Waals surface area (Å²) in [6.07, 6.45) is 2.08. The van der Waals surface area contributed by atoms with Gasteiger partial charge in [-0.1, -0.05) is 29.4 Å². The molecule has 2 aromatic carbocycles. The third-order valence-electron chi connectivity index (χ3n) is 4.97. The van der Waals surface area contributed by atoms with Gasteiger partial charge in [-0.2, -0.15) is 0 Å². The minimum absolute atomic E-state index is 0.134. The summed E-state index contributed by atoms with van der Waals surface area (Å²) in [5.41, 5.74) is 1.87. The molecule has 9 heteroatoms. The smallest absolute Gasteiger partial charge is 0.223 e. The Morgan fingerprint density at radius 1 is 1.07 bits per heavy atom. The Bertz CT molecular complexity index is 1000. The second-order valence-electron chi connectivity index (χ2n) is 6.91. The Morgan fingerprint density at radius 2 is 1.83 bits per heavy atom. The Morgan fingerprint density at radius 3 is 2.57 bits per heavy atom. The molecule has 30 heavy (non-hydrogen) atoms. The van der Waals surface area contributed by atoms with Crippen LogP contribution in [0.25, 0.3) is 5.69 Å². The van der Waals surface area contributed by atoms with Gasteiger partial charge >= 0.3 is 0 Å². The van der Waals surface area contributed by atoms with Crippen molar-refractivity contribution in [2.45, 2.75) is 11.6 Å². The fourth-order valence-electron chi connectivity index (χ4n) is 3.38. The van der Waals surface area contributed by atoms with E-state index >= 15 is 0 Å². The van der Waals surface area contributed by atoms with Crippen LogP contribution in [0.3, 0.4) is 0 Å². The van der Waals surface area contributed by atoms with E-state index in [-0.39, 0.29) is 11.7 Å². The summed E-state index contributed by atoms with van der Waals surface area (Å²) in [5.74, 6) is 0.516. The number of hydrogen-bond acceptors (Lipinski definition) is 5. The summed E-state index contributed by atoms with van der Waals surface area (Å²) >= 11 is 7.57. The van der Waals surface area contributed by atoms with Gasteiger partial charge in [-0.25, -0.2) is 4.39 Å². The molecule has 1 amide bonds. The molecule has 0 radical (unpaired) electrons. The molecule has 2 heterocycles. The molecule has 0 unspecified atom stereocenters. The molecule has 4 rings (SSSR count). The Kier molecular flexibility index (Phi) is 6.54. The number of amides is 1. The average molecular weight is 446 g/mol. The van der Waals surface area contributed by atoms with Gasteiger partial charge in [-0.3, -0.25) is 9.36 Å². The minimum atomic E-state index is -0.240. The number of anilines is 1. The molecule has 0 atom stereocenters. The minimum Gasteiger partial charge on any atom is -0.368 e. The third-order valence-corrected chi connectivity index (χ3v) is 6.15. The van der Waals surface area contributed by atoms with E-state index in [0.29, 0.717) is 30.3 Å². The number of carbonyl (C=O) groups excluding carboxylic acids is 1. The number of hydrogen-bond donors (Lipinski definition) is 0. The Labute approximate surface area is 183 Å². The summed E-state index contributed by atoms with van der Waals surface area (Å²) in [7, 11) is 0. The van der Waals surface area contributed by atoms with E-state index in [9.17, 15) is 9.18 Å². The highest BCUT2D eigenvalue weighted by Crippen LogP contribution is 2.23. The SMILES string of the molecule is O=C(CCSc1nncn1-c1cccc(Cl)c1)N1CCN(c2ccc(F)cc2)CC1. The van der Waals surface area contributed by atoms with E-state index in [1.54, 1.807) is 18.5 Å². The van der Waals surface area contributed by atoms with Crippen molar-refractivity contribution in [3.63, 3.8) is 0 Å². The lowest BCUT2D eigenvalue weighted by Crippen LogP contribution is -2.48. The molecule has 0 aliphatic carbocycles. The Hall–Kier alpha value is -2.58. The van der Waals surface area contributed by atoms with Gasteiger partial charge < -0.3 is 9.80 Å². The van der Waals surface area contributed by atoms with Crippen LogP contribution in [0.5, 0.6) is 0 Å². The first-order valence-electron chi connectivity index (χ1n) is 9.67. The van der Waals surface area contributed by atoms with E-state index in [4.69, 9.17) is 11.6 Å². The molecule has 1 fully saturated rings. The first kappa shape index (κ1) is 20.7. The van der Waals surface area contributed by atoms with Crippen molar-refractivity contribution in [3.05, 3.63) is 65.7 Å². The molecule has 6 nitrogen and oxygen atoms in total. The average Bonchev–Trinajstić information content (AvgIpc) is 3.23. The van der Waals surface area contributed by atoms with Crippen LogP contribution < -0.4 is 4.90 Å². The van der Waals surface area contributed by atoms with Crippen LogP contribution in [0.2, 0.25) is 5.02 Å². The second-order valence-corrected chi connectivity index (χ2v) is 8.40. The normalized spacial score (nSPS) is 14.2. The molecule has 0 bridgehead atoms. The lowest BCUT2D eigenvalue weighted by Gasteiger charge is -2.36. The molecular weight excluding hydrogens is 425 g/mol. The van der Waals surface area contributed by atoms with E-state index in [1.165, 1.54) is 23.9 Å². The highest BCUT2D eigenvalue weighted by molar-refractivity contribution is 7.99. The highest BCUT2D eigenvalue weighted by Gasteiger charge is 2.21. The van der Waals surface area contributed by atoms with Crippen molar-refractivity contribution >= 4 is 35.0 Å². The highest BCUT2D eigenvalue weighted by atomic mass is 35.5. The van der Waals surface area contributed by atoms with Gasteiger partial charge in [0.15, 0.2) is 5.16 Å². The van der Waals surface area contributed by atoms with Crippen molar-refractivity contribution in [1.82, 2.24) is 19.7 Å². The van der Waals surface area contributed by atoms with Crippen LogP contribution in [-0.2, 0) is 4.79 Å². The number of benzene rings is 2. The topological polar surface area (TPSA) is 54.3 Å². The fraction of sp³-hybridized carbons (Fsp3) is 0.286. The molecule has 1 saturated heterocycles. The van der Waals surface area contributed by atoms with Crippen molar-refractivity contribution < 1.29 is 9.18 Å². The number of aromatic nitrogens is 3. The van der Waals surface area contributed by atoms with Gasteiger partial charge in [0.1, 0.15) is 12.1 Å². The van der Waals surface area contributed by atoms with E-state index in [2.05, 4.69) is 15.1 Å². The van der Waals surface area contributed by atoms with Crippen molar-refractivity contribution in [1.29, 1.82) is 0 Å². The van der Waals surface area contributed by atoms with Crippen LogP contribution in [-0.4, -0.2) is 57.5 Å². The van der Waals surface area contributed by atoms with Crippen LogP contribution in [0.4, 0.5) is 10.1 Å². The third kappa shape index (κ3) is 4.94. The zero-order chi connectivity index (χ0) is 20.9. The summed E-state index contributed by atoms with van der Waals surface area (Å²) in [5, 5.41) is 9.51. The fourth-order valence-corrected chi connectivity index (χ4v) is 4.42. The zero-order valence-corrected chi connectivity index (χ0v) is 17.8. The number of piperazine rings is 1. The van der Waals surface area contributed by atoms with Gasteiger partial charge in [-0.15, -0.1) is 10.2 Å². The lowest BCUT2D eigenvalue weighted by molar-refractivity contribution is -0.131. The molecule has 1 aliphatic rings. The monoisotopic (exact) mass is 445 g/mol. The van der Waals surface area contributed by atoms with Gasteiger partial charge in [0, 0.05) is 49.1 Å². The molecule has 1 aliphatic heterocycles. The van der Waals surface area contributed by atoms with Gasteiger partial charge in [0.2, 0.25) is 5.91 Å². The summed E-state index contributed by atoms with van der Waals surface area (Å²) < 4.78 is 15.0. The number of carbonyl (C=O) groups is 1. The van der Waals surface area contributed by atoms with Gasteiger partial charge in [0.05, 0.1) is 5.69 Å². The maximum atomic E-state index is 13.1. The van der Waals surface area contributed by atoms with Crippen molar-refractivity contribution in [2.75, 3.05) is 36.8 Å². The summed E-state index contributed by atoms with van der Waals surface area (Å²) in [4.78, 5) is 16.7. The van der Waals surface area contributed by atoms with Gasteiger partial charge in [0.25, 0.3) is 0 Å². The Balaban J connectivity index is 1.26. The predicted octanol–water partition coefficient (Wildman–Crippen LogP) is 3.89. The molecular formula is C21H21ClFN5OS. The standard InChI is InChI=1S/C21H21ClFN5OS/c22-16-2-1-3-19(14-16)28-15-24-25-21(28)30-13-8-20(29)27-11-9-26(10-12-27)18-6-4-17(23)5-7-18/h1-7,14-15H,8-13H2. The molecule has 0 spiro atoms. The second kappa shape index (κ2) is 9.49. The number of nitrogens with zero attached hydrogens (tertiary/aromatic N) is 5. The molecule has 1 aromatic heterocycles. The van der Waals surface area contributed by atoms with Crippen LogP contribution in [0, 0.1) is 5.82 Å². The number of rotatable bonds is 6. The quantitative estimate of drug-likeness (QED) is 0.539. The zero-order valence-electron chi connectivity index (χ0n) is 16.2. The van der Waals surface area contributed by atoms with Crippen molar-refractivity contribution in [2.24, 2.45) is 0 Å². The van der Waals surface area contributed by atoms with E-state index in [0.717, 1.165) is 29.6 Å². The molecule has 0 N–H and O–H groups in total. The van der Waals surface area contributed by atoms with E-state index < -0.39 is 0 Å². The summed E-state index contributed by atoms with van der Waals surface area (Å²) in [6, 6.07) is 14.0. The molecule has 0 saturated carbocycles. The summed E-state index contributed by atoms with van der Waals surface area (Å²) in [6.45, 7) is 2.82.